The van der Waals surface area contributed by atoms with E-state index in [2.05, 4.69) is 17.0 Å². The summed E-state index contributed by atoms with van der Waals surface area (Å²) in [6, 6.07) is 0. The summed E-state index contributed by atoms with van der Waals surface area (Å²) < 4.78 is 1.64. The van der Waals surface area contributed by atoms with Gasteiger partial charge in [0.1, 0.15) is 5.82 Å². The summed E-state index contributed by atoms with van der Waals surface area (Å²) in [5.74, 6) is -0.466. The van der Waals surface area contributed by atoms with E-state index in [4.69, 9.17) is 0 Å². The maximum atomic E-state index is 11.2. The molecule has 0 amide bonds. The van der Waals surface area contributed by atoms with E-state index in [1.165, 1.54) is 4.90 Å². The van der Waals surface area contributed by atoms with Crippen LogP contribution in [0.1, 0.15) is 16.1 Å². The van der Waals surface area contributed by atoms with Gasteiger partial charge < -0.3 is 19.7 Å². The molecule has 1 aromatic heterocycles. The second-order valence-electron chi connectivity index (χ2n) is 4.64. The number of aryl methyl sites for hydroxylation is 2. The normalized spacial score (nSPS) is 17.5. The zero-order chi connectivity index (χ0) is 12.6. The van der Waals surface area contributed by atoms with Crippen LogP contribution in [0.5, 0.6) is 0 Å². The fourth-order valence-corrected chi connectivity index (χ4v) is 2.35. The first-order valence-electron chi connectivity index (χ1n) is 5.82. The average Bonchev–Trinajstić information content (AvgIpc) is 2.55. The minimum absolute atomic E-state index is 0.229. The third-order valence-corrected chi connectivity index (χ3v) is 3.31. The summed E-state index contributed by atoms with van der Waals surface area (Å²) >= 11 is 0. The van der Waals surface area contributed by atoms with Gasteiger partial charge in [0.15, 0.2) is 0 Å². The van der Waals surface area contributed by atoms with Crippen molar-refractivity contribution in [2.45, 2.75) is 6.92 Å². The second kappa shape index (κ2) is 4.37. The van der Waals surface area contributed by atoms with Gasteiger partial charge in [-0.05, 0) is 6.92 Å². The molecule has 1 saturated heterocycles. The topological polar surface area (TPSA) is 65.6 Å². The third kappa shape index (κ3) is 2.12. The molecule has 17 heavy (non-hydrogen) atoms. The minimum atomic E-state index is -1.14. The first kappa shape index (κ1) is 11.9. The van der Waals surface area contributed by atoms with E-state index in [1.807, 2.05) is 0 Å². The Morgan fingerprint density at radius 2 is 2.00 bits per heavy atom. The van der Waals surface area contributed by atoms with Crippen molar-refractivity contribution in [2.24, 2.45) is 7.05 Å². The Hall–Kier alpha value is -1.56. The summed E-state index contributed by atoms with van der Waals surface area (Å²) in [5, 5.41) is 15.3. The largest absolute Gasteiger partial charge is 0.545 e. The number of likely N-dealkylation sites (N-methyl/N-ethyl adjacent to an activating group) is 1. The van der Waals surface area contributed by atoms with E-state index in [9.17, 15) is 9.90 Å². The molecule has 0 radical (unpaired) electrons. The van der Waals surface area contributed by atoms with Gasteiger partial charge in [-0.1, -0.05) is 0 Å². The molecular weight excluding hydrogens is 220 g/mol. The van der Waals surface area contributed by atoms with Crippen molar-refractivity contribution in [1.29, 1.82) is 0 Å². The van der Waals surface area contributed by atoms with E-state index < -0.39 is 5.97 Å². The Kier molecular flexibility index (Phi) is 3.06. The highest BCUT2D eigenvalue weighted by Gasteiger charge is 2.24. The number of rotatable bonds is 2. The lowest BCUT2D eigenvalue weighted by atomic mass is 10.2. The van der Waals surface area contributed by atoms with Crippen molar-refractivity contribution in [3.05, 3.63) is 11.3 Å². The molecular formula is C11H18N4O2. The lowest BCUT2D eigenvalue weighted by Crippen LogP contribution is -3.12. The number of aromatic nitrogens is 2. The van der Waals surface area contributed by atoms with E-state index in [0.29, 0.717) is 11.5 Å². The van der Waals surface area contributed by atoms with Crippen molar-refractivity contribution in [1.82, 2.24) is 9.78 Å². The molecule has 0 spiro atoms. The van der Waals surface area contributed by atoms with Crippen LogP contribution in [0.15, 0.2) is 0 Å². The number of anilines is 1. The predicted molar refractivity (Wildman–Crippen MR) is 61.1 cm³/mol. The Morgan fingerprint density at radius 1 is 1.41 bits per heavy atom. The lowest BCUT2D eigenvalue weighted by molar-refractivity contribution is -0.880. The molecule has 1 aliphatic rings. The van der Waals surface area contributed by atoms with Gasteiger partial charge in [0.25, 0.3) is 0 Å². The molecule has 0 aromatic carbocycles. The number of nitrogens with one attached hydrogen (secondary N) is 1. The summed E-state index contributed by atoms with van der Waals surface area (Å²) in [7, 11) is 3.92. The standard InChI is InChI=1S/C11H18N4O2/c1-8-9(11(16)17)10(14(3)12-8)15-6-4-13(2)5-7-15/h4-7H2,1-3H3,(H,16,17). The van der Waals surface area contributed by atoms with Gasteiger partial charge in [0, 0.05) is 7.05 Å². The summed E-state index contributed by atoms with van der Waals surface area (Å²) in [5.41, 5.74) is 0.751. The highest BCUT2D eigenvalue weighted by atomic mass is 16.4. The Bertz CT molecular complexity index is 433. The smallest absolute Gasteiger partial charge is 0.136 e. The van der Waals surface area contributed by atoms with Gasteiger partial charge in [0.05, 0.1) is 50.5 Å². The highest BCUT2D eigenvalue weighted by Crippen LogP contribution is 2.22. The first-order chi connectivity index (χ1) is 8.00. The number of hydrogen-bond acceptors (Lipinski definition) is 4. The van der Waals surface area contributed by atoms with Crippen molar-refractivity contribution >= 4 is 11.8 Å². The third-order valence-electron chi connectivity index (χ3n) is 3.31. The van der Waals surface area contributed by atoms with E-state index in [-0.39, 0.29) is 5.56 Å². The summed E-state index contributed by atoms with van der Waals surface area (Å²) in [6.45, 7) is 5.43. The van der Waals surface area contributed by atoms with Gasteiger partial charge in [-0.15, -0.1) is 0 Å². The molecule has 1 aromatic rings. The van der Waals surface area contributed by atoms with Crippen LogP contribution in [0.4, 0.5) is 5.82 Å². The van der Waals surface area contributed by atoms with Crippen LogP contribution in [0.2, 0.25) is 0 Å². The minimum Gasteiger partial charge on any atom is -0.545 e. The molecule has 1 N–H and O–H groups in total. The predicted octanol–water partition coefficient (Wildman–Crippen LogP) is -2.57. The van der Waals surface area contributed by atoms with Crippen molar-refractivity contribution in [3.63, 3.8) is 0 Å². The zero-order valence-corrected chi connectivity index (χ0v) is 10.5. The zero-order valence-electron chi connectivity index (χ0n) is 10.5. The van der Waals surface area contributed by atoms with Crippen LogP contribution in [-0.4, -0.2) is 49.0 Å². The lowest BCUT2D eigenvalue weighted by Gasteiger charge is -2.32. The quantitative estimate of drug-likeness (QED) is 0.615. The van der Waals surface area contributed by atoms with Gasteiger partial charge >= 0.3 is 0 Å². The second-order valence-corrected chi connectivity index (χ2v) is 4.64. The molecule has 0 saturated carbocycles. The fourth-order valence-electron chi connectivity index (χ4n) is 2.35. The van der Waals surface area contributed by atoms with Gasteiger partial charge in [-0.2, -0.15) is 5.10 Å². The number of nitrogens with zero attached hydrogens (tertiary/aromatic N) is 3. The van der Waals surface area contributed by atoms with Crippen molar-refractivity contribution in [2.75, 3.05) is 38.1 Å². The number of carbonyl (C=O) groups excluding carboxylic acids is 1. The molecule has 6 heteroatoms. The number of carbonyl (C=O) groups is 1. The fraction of sp³-hybridized carbons (Fsp3) is 0.636. The SMILES string of the molecule is Cc1nn(C)c(N2CC[NH+](C)CC2)c1C(=O)[O-]. The van der Waals surface area contributed by atoms with E-state index in [0.717, 1.165) is 26.2 Å². The maximum absolute atomic E-state index is 11.2. The number of carboxylic acid groups (broad SMARTS) is 1. The Morgan fingerprint density at radius 3 is 2.53 bits per heavy atom. The Labute approximate surface area is 100 Å². The van der Waals surface area contributed by atoms with Crippen LogP contribution >= 0.6 is 0 Å². The highest BCUT2D eigenvalue weighted by molar-refractivity contribution is 5.93. The number of quaternary nitrogens is 1. The van der Waals surface area contributed by atoms with Gasteiger partial charge in [-0.3, -0.25) is 4.68 Å². The van der Waals surface area contributed by atoms with E-state index >= 15 is 0 Å². The Balaban J connectivity index is 2.34. The molecule has 1 fully saturated rings. The van der Waals surface area contributed by atoms with Gasteiger partial charge in [0.2, 0.25) is 0 Å². The van der Waals surface area contributed by atoms with Crippen LogP contribution in [0.25, 0.3) is 0 Å². The number of aromatic carboxylic acids is 1. The summed E-state index contributed by atoms with van der Waals surface area (Å²) in [6.07, 6.45) is 0. The molecule has 1 aliphatic heterocycles. The van der Waals surface area contributed by atoms with Crippen molar-refractivity contribution in [3.8, 4) is 0 Å². The molecule has 6 nitrogen and oxygen atoms in total. The number of hydrogen-bond donors (Lipinski definition) is 1. The molecule has 2 rings (SSSR count). The molecule has 94 valence electrons. The molecule has 0 unspecified atom stereocenters. The molecule has 2 heterocycles. The molecule has 0 aliphatic carbocycles. The van der Waals surface area contributed by atoms with Crippen LogP contribution in [-0.2, 0) is 7.05 Å². The monoisotopic (exact) mass is 238 g/mol. The van der Waals surface area contributed by atoms with E-state index in [1.54, 1.807) is 18.7 Å². The average molecular weight is 238 g/mol. The number of piperazine rings is 1. The molecule has 0 bridgehead atoms. The van der Waals surface area contributed by atoms with Crippen LogP contribution in [0, 0.1) is 6.92 Å². The molecule has 0 atom stereocenters. The van der Waals surface area contributed by atoms with Crippen molar-refractivity contribution < 1.29 is 14.8 Å². The summed E-state index contributed by atoms with van der Waals surface area (Å²) in [4.78, 5) is 14.7. The first-order valence-corrected chi connectivity index (χ1v) is 5.82. The van der Waals surface area contributed by atoms with Gasteiger partial charge in [-0.25, -0.2) is 0 Å². The van der Waals surface area contributed by atoms with Crippen LogP contribution < -0.4 is 14.9 Å². The maximum Gasteiger partial charge on any atom is 0.136 e. The van der Waals surface area contributed by atoms with Crippen LogP contribution in [0.3, 0.4) is 0 Å². The number of carboxylic acids is 1.